The van der Waals surface area contributed by atoms with Crippen LogP contribution in [-0.4, -0.2) is 25.5 Å². The van der Waals surface area contributed by atoms with Crippen molar-refractivity contribution in [1.82, 2.24) is 10.2 Å². The van der Waals surface area contributed by atoms with E-state index in [0.29, 0.717) is 6.04 Å². The predicted octanol–water partition coefficient (Wildman–Crippen LogP) is 3.73. The van der Waals surface area contributed by atoms with Crippen LogP contribution < -0.4 is 5.32 Å². The lowest BCUT2D eigenvalue weighted by atomic mass is 10.0. The van der Waals surface area contributed by atoms with Crippen LogP contribution in [0.3, 0.4) is 0 Å². The molecule has 0 heterocycles. The van der Waals surface area contributed by atoms with E-state index < -0.39 is 0 Å². The van der Waals surface area contributed by atoms with Crippen molar-refractivity contribution in [3.63, 3.8) is 0 Å². The van der Waals surface area contributed by atoms with Crippen LogP contribution in [0, 0.1) is 0 Å². The third-order valence-electron chi connectivity index (χ3n) is 3.46. The Kier molecular flexibility index (Phi) is 5.60. The zero-order valence-electron chi connectivity index (χ0n) is 12.0. The molecule has 0 bridgehead atoms. The number of likely N-dealkylation sites (N-methyl/N-ethyl adjacent to an activating group) is 2. The van der Waals surface area contributed by atoms with E-state index in [4.69, 9.17) is 11.6 Å². The molecule has 0 aliphatic carbocycles. The van der Waals surface area contributed by atoms with Gasteiger partial charge in [-0.3, -0.25) is 4.90 Å². The summed E-state index contributed by atoms with van der Waals surface area (Å²) in [6, 6.07) is 19.0. The normalized spacial score (nSPS) is 12.6. The lowest BCUT2D eigenvalue weighted by molar-refractivity contribution is 0.233. The van der Waals surface area contributed by atoms with Crippen molar-refractivity contribution < 1.29 is 0 Å². The molecule has 0 saturated heterocycles. The second kappa shape index (κ2) is 7.44. The van der Waals surface area contributed by atoms with Gasteiger partial charge in [-0.2, -0.15) is 0 Å². The highest BCUT2D eigenvalue weighted by atomic mass is 35.5. The van der Waals surface area contributed by atoms with Crippen molar-refractivity contribution in [1.29, 1.82) is 0 Å². The molecule has 0 fully saturated rings. The summed E-state index contributed by atoms with van der Waals surface area (Å²) < 4.78 is 0. The van der Waals surface area contributed by atoms with Gasteiger partial charge in [-0.1, -0.05) is 54.1 Å². The molecule has 0 spiro atoms. The molecule has 1 atom stereocenters. The Morgan fingerprint density at radius 1 is 1.05 bits per heavy atom. The highest BCUT2D eigenvalue weighted by Crippen LogP contribution is 2.21. The van der Waals surface area contributed by atoms with Crippen molar-refractivity contribution >= 4 is 11.6 Å². The molecule has 20 heavy (non-hydrogen) atoms. The van der Waals surface area contributed by atoms with Crippen molar-refractivity contribution in [2.24, 2.45) is 0 Å². The Morgan fingerprint density at radius 2 is 1.70 bits per heavy atom. The molecule has 0 radical (unpaired) electrons. The van der Waals surface area contributed by atoms with Crippen LogP contribution in [0.15, 0.2) is 54.6 Å². The minimum atomic E-state index is 0.358. The molecule has 1 N–H and O–H groups in total. The largest absolute Gasteiger partial charge is 0.318 e. The molecular formula is C17H21ClN2. The molecular weight excluding hydrogens is 268 g/mol. The smallest absolute Gasteiger partial charge is 0.0473 e. The lowest BCUT2D eigenvalue weighted by Crippen LogP contribution is -2.31. The van der Waals surface area contributed by atoms with E-state index in [1.807, 2.05) is 19.2 Å². The van der Waals surface area contributed by atoms with Gasteiger partial charge in [0.2, 0.25) is 0 Å². The maximum Gasteiger partial charge on any atom is 0.0473 e. The van der Waals surface area contributed by atoms with Crippen LogP contribution in [0.2, 0.25) is 5.02 Å². The van der Waals surface area contributed by atoms with Gasteiger partial charge in [0, 0.05) is 24.2 Å². The molecule has 0 saturated carbocycles. The summed E-state index contributed by atoms with van der Waals surface area (Å²) >= 11 is 5.93. The second-order valence-electron chi connectivity index (χ2n) is 5.03. The number of hydrogen-bond acceptors (Lipinski definition) is 2. The molecule has 2 nitrogen and oxygen atoms in total. The van der Waals surface area contributed by atoms with Crippen LogP contribution >= 0.6 is 11.6 Å². The SMILES string of the molecule is CNCC(c1ccccc1)N(C)Cc1ccc(Cl)cc1. The first-order chi connectivity index (χ1) is 9.70. The van der Waals surface area contributed by atoms with E-state index in [1.54, 1.807) is 0 Å². The minimum Gasteiger partial charge on any atom is -0.318 e. The van der Waals surface area contributed by atoms with Crippen molar-refractivity contribution in [2.75, 3.05) is 20.6 Å². The van der Waals surface area contributed by atoms with Gasteiger partial charge >= 0.3 is 0 Å². The fourth-order valence-electron chi connectivity index (χ4n) is 2.38. The number of rotatable bonds is 6. The van der Waals surface area contributed by atoms with Gasteiger partial charge in [-0.05, 0) is 37.4 Å². The summed E-state index contributed by atoms with van der Waals surface area (Å²) in [4.78, 5) is 2.36. The Bertz CT molecular complexity index is 510. The summed E-state index contributed by atoms with van der Waals surface area (Å²) in [5.41, 5.74) is 2.60. The summed E-state index contributed by atoms with van der Waals surface area (Å²) in [5, 5.41) is 4.06. The van der Waals surface area contributed by atoms with Crippen LogP contribution in [0.5, 0.6) is 0 Å². The Labute approximate surface area is 126 Å². The monoisotopic (exact) mass is 288 g/mol. The van der Waals surface area contributed by atoms with Crippen LogP contribution in [0.1, 0.15) is 17.2 Å². The van der Waals surface area contributed by atoms with Gasteiger partial charge in [0.05, 0.1) is 0 Å². The second-order valence-corrected chi connectivity index (χ2v) is 5.46. The summed E-state index contributed by atoms with van der Waals surface area (Å²) in [6.07, 6.45) is 0. The fraction of sp³-hybridized carbons (Fsp3) is 0.294. The first kappa shape index (κ1) is 15.0. The maximum absolute atomic E-state index is 5.93. The quantitative estimate of drug-likeness (QED) is 0.871. The number of halogens is 1. The van der Waals surface area contributed by atoms with Crippen LogP contribution in [0.25, 0.3) is 0 Å². The molecule has 1 unspecified atom stereocenters. The zero-order valence-corrected chi connectivity index (χ0v) is 12.8. The number of benzene rings is 2. The lowest BCUT2D eigenvalue weighted by Gasteiger charge is -2.28. The van der Waals surface area contributed by atoms with Gasteiger partial charge in [0.1, 0.15) is 0 Å². The van der Waals surface area contributed by atoms with Crippen molar-refractivity contribution in [3.05, 3.63) is 70.7 Å². The first-order valence-electron chi connectivity index (χ1n) is 6.85. The van der Waals surface area contributed by atoms with Crippen LogP contribution in [0.4, 0.5) is 0 Å². The number of nitrogens with zero attached hydrogens (tertiary/aromatic N) is 1. The molecule has 0 amide bonds. The highest BCUT2D eigenvalue weighted by Gasteiger charge is 2.16. The average Bonchev–Trinajstić information content (AvgIpc) is 2.48. The summed E-state index contributed by atoms with van der Waals surface area (Å²) in [7, 11) is 4.15. The fourth-order valence-corrected chi connectivity index (χ4v) is 2.51. The van der Waals surface area contributed by atoms with E-state index >= 15 is 0 Å². The van der Waals surface area contributed by atoms with E-state index in [2.05, 4.69) is 59.7 Å². The van der Waals surface area contributed by atoms with Crippen molar-refractivity contribution in [3.8, 4) is 0 Å². The zero-order chi connectivity index (χ0) is 14.4. The Balaban J connectivity index is 2.11. The summed E-state index contributed by atoms with van der Waals surface area (Å²) in [6.45, 7) is 1.83. The molecule has 3 heteroatoms. The van der Waals surface area contributed by atoms with E-state index in [1.165, 1.54) is 11.1 Å². The average molecular weight is 289 g/mol. The highest BCUT2D eigenvalue weighted by molar-refractivity contribution is 6.30. The molecule has 2 aromatic rings. The standard InChI is InChI=1S/C17H21ClN2/c1-19-12-17(15-6-4-3-5-7-15)20(2)13-14-8-10-16(18)11-9-14/h3-11,17,19H,12-13H2,1-2H3. The van der Waals surface area contributed by atoms with Crippen LogP contribution in [-0.2, 0) is 6.54 Å². The molecule has 0 aliphatic heterocycles. The van der Waals surface area contributed by atoms with Crippen molar-refractivity contribution in [2.45, 2.75) is 12.6 Å². The summed E-state index contributed by atoms with van der Waals surface area (Å²) in [5.74, 6) is 0. The topological polar surface area (TPSA) is 15.3 Å². The third-order valence-corrected chi connectivity index (χ3v) is 3.71. The van der Waals surface area contributed by atoms with E-state index in [0.717, 1.165) is 18.1 Å². The minimum absolute atomic E-state index is 0.358. The van der Waals surface area contributed by atoms with Gasteiger partial charge in [-0.25, -0.2) is 0 Å². The predicted molar refractivity (Wildman–Crippen MR) is 86.0 cm³/mol. The van der Waals surface area contributed by atoms with E-state index in [9.17, 15) is 0 Å². The Morgan fingerprint density at radius 3 is 2.30 bits per heavy atom. The molecule has 0 aromatic heterocycles. The molecule has 106 valence electrons. The third kappa shape index (κ3) is 4.07. The van der Waals surface area contributed by atoms with Gasteiger partial charge in [0.25, 0.3) is 0 Å². The molecule has 2 aromatic carbocycles. The van der Waals surface area contributed by atoms with E-state index in [-0.39, 0.29) is 0 Å². The maximum atomic E-state index is 5.93. The Hall–Kier alpha value is -1.35. The van der Waals surface area contributed by atoms with Gasteiger partial charge < -0.3 is 5.32 Å². The number of nitrogens with one attached hydrogen (secondary N) is 1. The van der Waals surface area contributed by atoms with Gasteiger partial charge in [0.15, 0.2) is 0 Å². The first-order valence-corrected chi connectivity index (χ1v) is 7.22. The number of hydrogen-bond donors (Lipinski definition) is 1. The molecule has 2 rings (SSSR count). The van der Waals surface area contributed by atoms with Gasteiger partial charge in [-0.15, -0.1) is 0 Å². The molecule has 0 aliphatic rings.